The molecule has 100 valence electrons. The average molecular weight is 250 g/mol. The fourth-order valence-corrected chi connectivity index (χ4v) is 3.35. The molecule has 4 nitrogen and oxygen atoms in total. The van der Waals surface area contributed by atoms with Gasteiger partial charge < -0.3 is 9.84 Å². The van der Waals surface area contributed by atoms with Crippen molar-refractivity contribution in [3.8, 4) is 0 Å². The van der Waals surface area contributed by atoms with Gasteiger partial charge in [-0.2, -0.15) is 5.10 Å². The van der Waals surface area contributed by atoms with Crippen molar-refractivity contribution in [1.29, 1.82) is 0 Å². The van der Waals surface area contributed by atoms with Crippen LogP contribution in [0.2, 0.25) is 0 Å². The van der Waals surface area contributed by atoms with Crippen molar-refractivity contribution < 1.29 is 9.84 Å². The predicted octanol–water partition coefficient (Wildman–Crippen LogP) is 1.45. The van der Waals surface area contributed by atoms with Gasteiger partial charge in [-0.1, -0.05) is 0 Å². The Labute approximate surface area is 108 Å². The number of ether oxygens (including phenoxy) is 1. The van der Waals surface area contributed by atoms with Crippen LogP contribution in [0.25, 0.3) is 0 Å². The molecule has 1 N–H and O–H groups in total. The molecule has 2 atom stereocenters. The first-order valence-electron chi connectivity index (χ1n) is 6.87. The van der Waals surface area contributed by atoms with Gasteiger partial charge in [-0.25, -0.2) is 0 Å². The summed E-state index contributed by atoms with van der Waals surface area (Å²) in [6, 6.07) is 2.12. The highest BCUT2D eigenvalue weighted by molar-refractivity contribution is 5.14. The maximum atomic E-state index is 9.91. The van der Waals surface area contributed by atoms with Crippen LogP contribution in [-0.4, -0.2) is 34.2 Å². The molecule has 2 aliphatic rings. The average Bonchev–Trinajstić information content (AvgIpc) is 3.02. The van der Waals surface area contributed by atoms with Crippen molar-refractivity contribution >= 4 is 0 Å². The number of hydrogen-bond donors (Lipinski definition) is 1. The molecule has 1 aliphatic carbocycles. The van der Waals surface area contributed by atoms with Crippen LogP contribution in [0.15, 0.2) is 6.07 Å². The van der Waals surface area contributed by atoms with Crippen molar-refractivity contribution in [1.82, 2.24) is 9.78 Å². The highest BCUT2D eigenvalue weighted by atomic mass is 16.5. The van der Waals surface area contributed by atoms with E-state index in [1.165, 1.54) is 18.5 Å². The predicted molar refractivity (Wildman–Crippen MR) is 68.2 cm³/mol. The Bertz CT molecular complexity index is 439. The van der Waals surface area contributed by atoms with E-state index in [0.29, 0.717) is 5.92 Å². The summed E-state index contributed by atoms with van der Waals surface area (Å²) in [6.07, 6.45) is 4.61. The Balaban J connectivity index is 1.84. The zero-order chi connectivity index (χ0) is 12.8. The molecule has 1 aliphatic heterocycles. The lowest BCUT2D eigenvalue weighted by molar-refractivity contribution is -0.000304. The standard InChI is InChI=1S/C14H22N2O2/c1-10-7-12(16(2)15-10)8-14(9-17)5-6-18-13(14)11-3-4-11/h7,11,13,17H,3-6,8-9H2,1-2H3. The smallest absolute Gasteiger partial charge is 0.0685 e. The number of nitrogens with zero attached hydrogens (tertiary/aromatic N) is 2. The minimum atomic E-state index is -0.0819. The van der Waals surface area contributed by atoms with Crippen molar-refractivity contribution in [2.75, 3.05) is 13.2 Å². The number of aliphatic hydroxyl groups is 1. The van der Waals surface area contributed by atoms with E-state index in [1.54, 1.807) is 0 Å². The summed E-state index contributed by atoms with van der Waals surface area (Å²) >= 11 is 0. The summed E-state index contributed by atoms with van der Waals surface area (Å²) in [7, 11) is 1.98. The van der Waals surface area contributed by atoms with Gasteiger partial charge in [-0.05, 0) is 44.6 Å². The Hall–Kier alpha value is -0.870. The molecule has 1 saturated carbocycles. The molecule has 2 heterocycles. The minimum absolute atomic E-state index is 0.0819. The minimum Gasteiger partial charge on any atom is -0.396 e. The van der Waals surface area contributed by atoms with E-state index < -0.39 is 0 Å². The highest BCUT2D eigenvalue weighted by Crippen LogP contribution is 2.49. The molecule has 1 aromatic rings. The number of hydrogen-bond acceptors (Lipinski definition) is 3. The van der Waals surface area contributed by atoms with Crippen LogP contribution in [0, 0.1) is 18.3 Å². The van der Waals surface area contributed by atoms with E-state index in [4.69, 9.17) is 4.74 Å². The fraction of sp³-hybridized carbons (Fsp3) is 0.786. The highest BCUT2D eigenvalue weighted by Gasteiger charge is 2.50. The number of aliphatic hydroxyl groups excluding tert-OH is 1. The van der Waals surface area contributed by atoms with E-state index in [-0.39, 0.29) is 18.1 Å². The van der Waals surface area contributed by atoms with Gasteiger partial charge in [0, 0.05) is 24.8 Å². The van der Waals surface area contributed by atoms with Gasteiger partial charge in [0.2, 0.25) is 0 Å². The lowest BCUT2D eigenvalue weighted by Crippen LogP contribution is -2.38. The van der Waals surface area contributed by atoms with Gasteiger partial charge in [-0.15, -0.1) is 0 Å². The van der Waals surface area contributed by atoms with Crippen molar-refractivity contribution in [2.24, 2.45) is 18.4 Å². The Kier molecular flexibility index (Phi) is 2.94. The summed E-state index contributed by atoms with van der Waals surface area (Å²) in [6.45, 7) is 3.02. The summed E-state index contributed by atoms with van der Waals surface area (Å²) < 4.78 is 7.85. The number of aryl methyl sites for hydroxylation is 2. The molecule has 0 amide bonds. The van der Waals surface area contributed by atoms with Crippen LogP contribution in [0.3, 0.4) is 0 Å². The first kappa shape index (κ1) is 12.2. The van der Waals surface area contributed by atoms with Crippen LogP contribution in [-0.2, 0) is 18.2 Å². The Morgan fingerprint density at radius 2 is 2.33 bits per heavy atom. The normalized spacial score (nSPS) is 32.1. The van der Waals surface area contributed by atoms with Gasteiger partial charge in [0.15, 0.2) is 0 Å². The first-order chi connectivity index (χ1) is 8.64. The Morgan fingerprint density at radius 1 is 1.56 bits per heavy atom. The second-order valence-electron chi connectivity index (χ2n) is 5.98. The summed E-state index contributed by atoms with van der Waals surface area (Å²) in [5.41, 5.74) is 2.17. The summed E-state index contributed by atoms with van der Waals surface area (Å²) in [5.74, 6) is 0.675. The van der Waals surface area contributed by atoms with E-state index >= 15 is 0 Å². The third-order valence-electron chi connectivity index (χ3n) is 4.50. The van der Waals surface area contributed by atoms with Crippen molar-refractivity contribution in [3.63, 3.8) is 0 Å². The maximum Gasteiger partial charge on any atom is 0.0685 e. The van der Waals surface area contributed by atoms with E-state index in [0.717, 1.165) is 25.1 Å². The van der Waals surface area contributed by atoms with E-state index in [2.05, 4.69) is 11.2 Å². The monoisotopic (exact) mass is 250 g/mol. The number of rotatable bonds is 4. The molecular weight excluding hydrogens is 228 g/mol. The van der Waals surface area contributed by atoms with Crippen LogP contribution >= 0.6 is 0 Å². The third-order valence-corrected chi connectivity index (χ3v) is 4.50. The summed E-state index contributed by atoms with van der Waals surface area (Å²) in [5, 5.41) is 14.3. The molecule has 18 heavy (non-hydrogen) atoms. The van der Waals surface area contributed by atoms with Crippen LogP contribution < -0.4 is 0 Å². The van der Waals surface area contributed by atoms with Crippen molar-refractivity contribution in [2.45, 2.75) is 38.7 Å². The molecule has 0 spiro atoms. The summed E-state index contributed by atoms with van der Waals surface area (Å²) in [4.78, 5) is 0. The lowest BCUT2D eigenvalue weighted by atomic mass is 9.76. The molecule has 1 aromatic heterocycles. The molecular formula is C14H22N2O2. The van der Waals surface area contributed by atoms with Gasteiger partial charge >= 0.3 is 0 Å². The fourth-order valence-electron chi connectivity index (χ4n) is 3.35. The molecule has 3 rings (SSSR count). The Morgan fingerprint density at radius 3 is 2.89 bits per heavy atom. The molecule has 1 saturated heterocycles. The van der Waals surface area contributed by atoms with Crippen LogP contribution in [0.4, 0.5) is 0 Å². The van der Waals surface area contributed by atoms with Gasteiger partial charge in [0.25, 0.3) is 0 Å². The SMILES string of the molecule is Cc1cc(CC2(CO)CCOC2C2CC2)n(C)n1. The second kappa shape index (κ2) is 4.35. The second-order valence-corrected chi connectivity index (χ2v) is 5.98. The van der Waals surface area contributed by atoms with Crippen molar-refractivity contribution in [3.05, 3.63) is 17.5 Å². The largest absolute Gasteiger partial charge is 0.396 e. The zero-order valence-corrected chi connectivity index (χ0v) is 11.2. The molecule has 0 aromatic carbocycles. The van der Waals surface area contributed by atoms with Gasteiger partial charge in [-0.3, -0.25) is 4.68 Å². The van der Waals surface area contributed by atoms with Crippen LogP contribution in [0.5, 0.6) is 0 Å². The molecule has 2 fully saturated rings. The molecule has 0 radical (unpaired) electrons. The molecule has 4 heteroatoms. The molecule has 0 bridgehead atoms. The van der Waals surface area contributed by atoms with Gasteiger partial charge in [0.05, 0.1) is 18.4 Å². The lowest BCUT2D eigenvalue weighted by Gasteiger charge is -2.32. The first-order valence-corrected chi connectivity index (χ1v) is 6.87. The van der Waals surface area contributed by atoms with Gasteiger partial charge in [0.1, 0.15) is 0 Å². The van der Waals surface area contributed by atoms with E-state index in [1.807, 2.05) is 18.7 Å². The maximum absolute atomic E-state index is 9.91. The van der Waals surface area contributed by atoms with E-state index in [9.17, 15) is 5.11 Å². The topological polar surface area (TPSA) is 47.3 Å². The quantitative estimate of drug-likeness (QED) is 0.880. The third kappa shape index (κ3) is 1.97. The molecule has 2 unspecified atom stereocenters. The number of aromatic nitrogens is 2. The zero-order valence-electron chi connectivity index (χ0n) is 11.2. The van der Waals surface area contributed by atoms with Crippen LogP contribution in [0.1, 0.15) is 30.7 Å².